The molecule has 1 aromatic carbocycles. The molecule has 1 N–H and O–H groups in total. The van der Waals surface area contributed by atoms with Gasteiger partial charge >= 0.3 is 0 Å². The molecule has 100 valence electrons. The molecule has 2 rings (SSSR count). The van der Waals surface area contributed by atoms with E-state index >= 15 is 0 Å². The average molecular weight is 265 g/mol. The minimum atomic E-state index is 0.555. The molecule has 0 bridgehead atoms. The van der Waals surface area contributed by atoms with Gasteiger partial charge in [0.2, 0.25) is 0 Å². The molecule has 1 fully saturated rings. The lowest BCUT2D eigenvalue weighted by Gasteiger charge is -2.21. The van der Waals surface area contributed by atoms with Crippen LogP contribution in [0.2, 0.25) is 0 Å². The fourth-order valence-electron chi connectivity index (χ4n) is 2.31. The SMILES string of the molecule is CNC(CSc1ccc(C)c(C)c1)C1CCOC1. The van der Waals surface area contributed by atoms with Gasteiger partial charge in [-0.2, -0.15) is 0 Å². The largest absolute Gasteiger partial charge is 0.381 e. The number of hydrogen-bond donors (Lipinski definition) is 1. The molecule has 0 spiro atoms. The summed E-state index contributed by atoms with van der Waals surface area (Å²) in [6, 6.07) is 7.28. The van der Waals surface area contributed by atoms with Crippen molar-refractivity contribution in [2.45, 2.75) is 31.2 Å². The highest BCUT2D eigenvalue weighted by Crippen LogP contribution is 2.25. The van der Waals surface area contributed by atoms with E-state index in [2.05, 4.69) is 44.4 Å². The zero-order valence-corrected chi connectivity index (χ0v) is 12.3. The van der Waals surface area contributed by atoms with Gasteiger partial charge in [0, 0.05) is 29.2 Å². The maximum absolute atomic E-state index is 5.48. The van der Waals surface area contributed by atoms with E-state index in [-0.39, 0.29) is 0 Å². The Labute approximate surface area is 114 Å². The number of nitrogens with one attached hydrogen (secondary N) is 1. The maximum atomic E-state index is 5.48. The molecule has 1 aliphatic rings. The third-order valence-corrected chi connectivity index (χ3v) is 4.93. The normalized spacial score (nSPS) is 21.2. The standard InChI is InChI=1S/C15H23NOS/c1-11-4-5-14(8-12(11)2)18-10-15(16-3)13-6-7-17-9-13/h4-5,8,13,15-16H,6-7,9-10H2,1-3H3. The Morgan fingerprint density at radius 1 is 1.39 bits per heavy atom. The molecular formula is C15H23NOS. The van der Waals surface area contributed by atoms with Crippen LogP contribution in [0.5, 0.6) is 0 Å². The molecule has 0 aliphatic carbocycles. The minimum Gasteiger partial charge on any atom is -0.381 e. The summed E-state index contributed by atoms with van der Waals surface area (Å²) in [5, 5.41) is 3.44. The molecule has 1 aliphatic heterocycles. The van der Waals surface area contributed by atoms with Crippen LogP contribution in [0.4, 0.5) is 0 Å². The second-order valence-electron chi connectivity index (χ2n) is 5.08. The first-order chi connectivity index (χ1) is 8.70. The van der Waals surface area contributed by atoms with Crippen LogP contribution in [-0.4, -0.2) is 32.1 Å². The fraction of sp³-hybridized carbons (Fsp3) is 0.600. The van der Waals surface area contributed by atoms with Gasteiger partial charge in [0.1, 0.15) is 0 Å². The molecule has 1 aromatic rings. The fourth-order valence-corrected chi connectivity index (χ4v) is 3.55. The van der Waals surface area contributed by atoms with E-state index in [1.54, 1.807) is 0 Å². The highest BCUT2D eigenvalue weighted by molar-refractivity contribution is 7.99. The molecule has 3 heteroatoms. The molecule has 0 radical (unpaired) electrons. The van der Waals surface area contributed by atoms with Gasteiger partial charge in [-0.1, -0.05) is 6.07 Å². The third-order valence-electron chi connectivity index (χ3n) is 3.81. The van der Waals surface area contributed by atoms with E-state index in [9.17, 15) is 0 Å². The summed E-state index contributed by atoms with van der Waals surface area (Å²) >= 11 is 1.94. The Kier molecular flexibility index (Phi) is 5.10. The van der Waals surface area contributed by atoms with Crippen molar-refractivity contribution in [3.8, 4) is 0 Å². The smallest absolute Gasteiger partial charge is 0.0510 e. The number of hydrogen-bond acceptors (Lipinski definition) is 3. The van der Waals surface area contributed by atoms with Crippen LogP contribution in [0.25, 0.3) is 0 Å². The van der Waals surface area contributed by atoms with E-state index < -0.39 is 0 Å². The van der Waals surface area contributed by atoms with Crippen LogP contribution >= 0.6 is 11.8 Å². The first kappa shape index (κ1) is 13.9. The first-order valence-electron chi connectivity index (χ1n) is 6.65. The second-order valence-corrected chi connectivity index (χ2v) is 6.17. The van der Waals surface area contributed by atoms with Crippen LogP contribution in [-0.2, 0) is 4.74 Å². The average Bonchev–Trinajstić information content (AvgIpc) is 2.88. The molecule has 2 atom stereocenters. The first-order valence-corrected chi connectivity index (χ1v) is 7.64. The van der Waals surface area contributed by atoms with E-state index in [0.717, 1.165) is 19.0 Å². The van der Waals surface area contributed by atoms with Crippen molar-refractivity contribution in [2.75, 3.05) is 26.0 Å². The Balaban J connectivity index is 1.90. The lowest BCUT2D eigenvalue weighted by molar-refractivity contribution is 0.180. The van der Waals surface area contributed by atoms with Crippen molar-refractivity contribution in [1.82, 2.24) is 5.32 Å². The maximum Gasteiger partial charge on any atom is 0.0510 e. The summed E-state index contributed by atoms with van der Waals surface area (Å²) in [5.41, 5.74) is 2.75. The van der Waals surface area contributed by atoms with E-state index in [1.165, 1.54) is 22.4 Å². The van der Waals surface area contributed by atoms with Crippen molar-refractivity contribution in [2.24, 2.45) is 5.92 Å². The van der Waals surface area contributed by atoms with Gasteiger partial charge in [0.05, 0.1) is 6.61 Å². The Morgan fingerprint density at radius 2 is 2.22 bits per heavy atom. The number of rotatable bonds is 5. The Morgan fingerprint density at radius 3 is 2.83 bits per heavy atom. The van der Waals surface area contributed by atoms with E-state index in [4.69, 9.17) is 4.74 Å². The molecule has 0 amide bonds. The second kappa shape index (κ2) is 6.60. The summed E-state index contributed by atoms with van der Waals surface area (Å²) in [5.74, 6) is 1.79. The highest BCUT2D eigenvalue weighted by Gasteiger charge is 2.24. The lowest BCUT2D eigenvalue weighted by atomic mass is 10.0. The van der Waals surface area contributed by atoms with Crippen molar-refractivity contribution in [1.29, 1.82) is 0 Å². The lowest BCUT2D eigenvalue weighted by Crippen LogP contribution is -2.36. The van der Waals surface area contributed by atoms with Gasteiger partial charge in [0.15, 0.2) is 0 Å². The summed E-state index contributed by atoms with van der Waals surface area (Å²) < 4.78 is 5.48. The third kappa shape index (κ3) is 3.50. The molecule has 0 saturated carbocycles. The monoisotopic (exact) mass is 265 g/mol. The molecular weight excluding hydrogens is 242 g/mol. The summed E-state index contributed by atoms with van der Waals surface area (Å²) in [4.78, 5) is 1.37. The highest BCUT2D eigenvalue weighted by atomic mass is 32.2. The van der Waals surface area contributed by atoms with Crippen LogP contribution in [0.3, 0.4) is 0 Å². The van der Waals surface area contributed by atoms with Crippen LogP contribution in [0.15, 0.2) is 23.1 Å². The van der Waals surface area contributed by atoms with E-state index in [0.29, 0.717) is 12.0 Å². The van der Waals surface area contributed by atoms with Crippen molar-refractivity contribution < 1.29 is 4.74 Å². The predicted octanol–water partition coefficient (Wildman–Crippen LogP) is 3.02. The topological polar surface area (TPSA) is 21.3 Å². The van der Waals surface area contributed by atoms with E-state index in [1.807, 2.05) is 11.8 Å². The molecule has 2 nitrogen and oxygen atoms in total. The predicted molar refractivity (Wildman–Crippen MR) is 78.4 cm³/mol. The van der Waals surface area contributed by atoms with Crippen LogP contribution in [0, 0.1) is 19.8 Å². The Bertz CT molecular complexity index is 388. The number of aryl methyl sites for hydroxylation is 2. The summed E-state index contributed by atoms with van der Waals surface area (Å²) in [6.07, 6.45) is 1.19. The molecule has 1 heterocycles. The quantitative estimate of drug-likeness (QED) is 0.827. The number of benzene rings is 1. The molecule has 1 saturated heterocycles. The van der Waals surface area contributed by atoms with Gasteiger partial charge in [-0.25, -0.2) is 0 Å². The molecule has 2 unspecified atom stereocenters. The summed E-state index contributed by atoms with van der Waals surface area (Å²) in [7, 11) is 2.06. The van der Waals surface area contributed by atoms with Crippen LogP contribution < -0.4 is 5.32 Å². The van der Waals surface area contributed by atoms with Gasteiger partial charge in [-0.15, -0.1) is 11.8 Å². The number of thioether (sulfide) groups is 1. The van der Waals surface area contributed by atoms with Gasteiger partial charge in [-0.3, -0.25) is 0 Å². The van der Waals surface area contributed by atoms with Crippen LogP contribution in [0.1, 0.15) is 17.5 Å². The van der Waals surface area contributed by atoms with Gasteiger partial charge in [0.25, 0.3) is 0 Å². The van der Waals surface area contributed by atoms with Gasteiger partial charge < -0.3 is 10.1 Å². The zero-order chi connectivity index (χ0) is 13.0. The summed E-state index contributed by atoms with van der Waals surface area (Å²) in [6.45, 7) is 6.19. The minimum absolute atomic E-state index is 0.555. The van der Waals surface area contributed by atoms with Gasteiger partial charge in [-0.05, 0) is 50.6 Å². The number of ether oxygens (including phenoxy) is 1. The zero-order valence-electron chi connectivity index (χ0n) is 11.5. The molecule has 18 heavy (non-hydrogen) atoms. The molecule has 0 aromatic heterocycles. The van der Waals surface area contributed by atoms with Crippen molar-refractivity contribution in [3.05, 3.63) is 29.3 Å². The van der Waals surface area contributed by atoms with Crippen molar-refractivity contribution >= 4 is 11.8 Å². The van der Waals surface area contributed by atoms with Crippen molar-refractivity contribution in [3.63, 3.8) is 0 Å². The Hall–Kier alpha value is -0.510.